The summed E-state index contributed by atoms with van der Waals surface area (Å²) in [5, 5.41) is 8.99. The predicted molar refractivity (Wildman–Crippen MR) is 98.6 cm³/mol. The maximum absolute atomic E-state index is 12.1. The average Bonchev–Trinajstić information content (AvgIpc) is 2.59. The zero-order valence-corrected chi connectivity index (χ0v) is 15.1. The first kappa shape index (κ1) is 19.2. The van der Waals surface area contributed by atoms with Crippen LogP contribution in [-0.4, -0.2) is 38.1 Å². The minimum Gasteiger partial charge on any atom is -0.492 e. The predicted octanol–water partition coefficient (Wildman–Crippen LogP) is 2.17. The molecule has 0 saturated carbocycles. The third kappa shape index (κ3) is 7.13. The Kier molecular flexibility index (Phi) is 7.73. The second kappa shape index (κ2) is 10.0. The quantitative estimate of drug-likeness (QED) is 0.630. The average molecular weight is 347 g/mol. The SMILES string of the molecule is CC(=O)Nc1cccc(OCCNC(=O)CC(C)C2CCNCC2)c1. The Morgan fingerprint density at radius 2 is 2.08 bits per heavy atom. The third-order valence-electron chi connectivity index (χ3n) is 4.54. The Labute approximate surface area is 149 Å². The number of ether oxygens (including phenoxy) is 1. The van der Waals surface area contributed by atoms with Gasteiger partial charge in [0.15, 0.2) is 0 Å². The van der Waals surface area contributed by atoms with E-state index < -0.39 is 0 Å². The highest BCUT2D eigenvalue weighted by atomic mass is 16.5. The van der Waals surface area contributed by atoms with Gasteiger partial charge in [0.2, 0.25) is 11.8 Å². The monoisotopic (exact) mass is 347 g/mol. The van der Waals surface area contributed by atoms with E-state index in [1.54, 1.807) is 12.1 Å². The van der Waals surface area contributed by atoms with Gasteiger partial charge in [0, 0.05) is 25.1 Å². The molecule has 0 radical (unpaired) electrons. The van der Waals surface area contributed by atoms with Crippen molar-refractivity contribution in [2.45, 2.75) is 33.1 Å². The molecule has 1 aliphatic heterocycles. The molecule has 0 bridgehead atoms. The maximum Gasteiger partial charge on any atom is 0.221 e. The number of piperidine rings is 1. The van der Waals surface area contributed by atoms with Crippen LogP contribution in [0, 0.1) is 11.8 Å². The van der Waals surface area contributed by atoms with Crippen LogP contribution in [0.3, 0.4) is 0 Å². The Bertz CT molecular complexity index is 571. The van der Waals surface area contributed by atoms with Crippen LogP contribution in [-0.2, 0) is 9.59 Å². The van der Waals surface area contributed by atoms with Crippen molar-refractivity contribution in [2.75, 3.05) is 31.6 Å². The highest BCUT2D eigenvalue weighted by molar-refractivity contribution is 5.88. The first-order valence-electron chi connectivity index (χ1n) is 9.02. The molecule has 6 heteroatoms. The fourth-order valence-corrected chi connectivity index (χ4v) is 3.17. The summed E-state index contributed by atoms with van der Waals surface area (Å²) in [7, 11) is 0. The van der Waals surface area contributed by atoms with Crippen molar-refractivity contribution in [1.82, 2.24) is 10.6 Å². The van der Waals surface area contributed by atoms with Gasteiger partial charge in [-0.15, -0.1) is 0 Å². The molecule has 1 aliphatic rings. The number of carbonyl (C=O) groups is 2. The lowest BCUT2D eigenvalue weighted by molar-refractivity contribution is -0.122. The summed E-state index contributed by atoms with van der Waals surface area (Å²) in [4.78, 5) is 23.1. The molecule has 25 heavy (non-hydrogen) atoms. The molecule has 3 N–H and O–H groups in total. The van der Waals surface area contributed by atoms with Gasteiger partial charge in [0.1, 0.15) is 12.4 Å². The second-order valence-corrected chi connectivity index (χ2v) is 6.68. The molecule has 1 heterocycles. The van der Waals surface area contributed by atoms with Gasteiger partial charge in [-0.1, -0.05) is 13.0 Å². The standard InChI is InChI=1S/C19H29N3O3/c1-14(16-6-8-20-9-7-16)12-19(24)21-10-11-25-18-5-3-4-17(13-18)22-15(2)23/h3-5,13-14,16,20H,6-12H2,1-2H3,(H,21,24)(H,22,23). The number of amides is 2. The minimum atomic E-state index is -0.118. The number of hydrogen-bond acceptors (Lipinski definition) is 4. The molecule has 0 spiro atoms. The normalized spacial score (nSPS) is 16.1. The molecular weight excluding hydrogens is 318 g/mol. The second-order valence-electron chi connectivity index (χ2n) is 6.68. The minimum absolute atomic E-state index is 0.0848. The van der Waals surface area contributed by atoms with E-state index in [0.29, 0.717) is 42.8 Å². The van der Waals surface area contributed by atoms with Crippen molar-refractivity contribution in [1.29, 1.82) is 0 Å². The third-order valence-corrected chi connectivity index (χ3v) is 4.54. The molecule has 2 rings (SSSR count). The Balaban J connectivity index is 1.65. The van der Waals surface area contributed by atoms with E-state index in [1.807, 2.05) is 12.1 Å². The van der Waals surface area contributed by atoms with Crippen molar-refractivity contribution in [3.8, 4) is 5.75 Å². The van der Waals surface area contributed by atoms with E-state index in [-0.39, 0.29) is 11.8 Å². The smallest absolute Gasteiger partial charge is 0.221 e. The summed E-state index contributed by atoms with van der Waals surface area (Å²) in [6.45, 7) is 6.62. The van der Waals surface area contributed by atoms with Crippen LogP contribution < -0.4 is 20.7 Å². The molecule has 1 atom stereocenters. The van der Waals surface area contributed by atoms with Crippen LogP contribution in [0.5, 0.6) is 5.75 Å². The van der Waals surface area contributed by atoms with Crippen LogP contribution >= 0.6 is 0 Å². The number of carbonyl (C=O) groups excluding carboxylic acids is 2. The van der Waals surface area contributed by atoms with Crippen molar-refractivity contribution in [3.05, 3.63) is 24.3 Å². The lowest BCUT2D eigenvalue weighted by atomic mass is 9.84. The molecule has 1 aromatic rings. The maximum atomic E-state index is 12.1. The van der Waals surface area contributed by atoms with Gasteiger partial charge >= 0.3 is 0 Å². The molecule has 2 amide bonds. The summed E-state index contributed by atoms with van der Waals surface area (Å²) in [5.41, 5.74) is 0.699. The van der Waals surface area contributed by atoms with E-state index in [4.69, 9.17) is 4.74 Å². The Morgan fingerprint density at radius 3 is 2.80 bits per heavy atom. The van der Waals surface area contributed by atoms with E-state index >= 15 is 0 Å². The van der Waals surface area contributed by atoms with E-state index in [9.17, 15) is 9.59 Å². The number of nitrogens with one attached hydrogen (secondary N) is 3. The zero-order valence-electron chi connectivity index (χ0n) is 15.1. The highest BCUT2D eigenvalue weighted by Gasteiger charge is 2.21. The van der Waals surface area contributed by atoms with Crippen LogP contribution in [0.25, 0.3) is 0 Å². The lowest BCUT2D eigenvalue weighted by Crippen LogP contribution is -2.34. The molecule has 1 saturated heterocycles. The summed E-state index contributed by atoms with van der Waals surface area (Å²) >= 11 is 0. The number of hydrogen-bond donors (Lipinski definition) is 3. The fraction of sp³-hybridized carbons (Fsp3) is 0.579. The topological polar surface area (TPSA) is 79.5 Å². The molecule has 0 aliphatic carbocycles. The Hall–Kier alpha value is -2.08. The van der Waals surface area contributed by atoms with Crippen molar-refractivity contribution in [3.63, 3.8) is 0 Å². The van der Waals surface area contributed by atoms with Crippen LogP contribution in [0.4, 0.5) is 5.69 Å². The van der Waals surface area contributed by atoms with Crippen molar-refractivity contribution < 1.29 is 14.3 Å². The van der Waals surface area contributed by atoms with Gasteiger partial charge in [0.25, 0.3) is 0 Å². The molecule has 0 aromatic heterocycles. The van der Waals surface area contributed by atoms with Crippen molar-refractivity contribution in [2.24, 2.45) is 11.8 Å². The van der Waals surface area contributed by atoms with Gasteiger partial charge in [-0.2, -0.15) is 0 Å². The van der Waals surface area contributed by atoms with E-state index in [0.717, 1.165) is 25.9 Å². The summed E-state index contributed by atoms with van der Waals surface area (Å²) in [6.07, 6.45) is 2.88. The van der Waals surface area contributed by atoms with Gasteiger partial charge in [-0.3, -0.25) is 9.59 Å². The molecule has 1 fully saturated rings. The molecule has 138 valence electrons. The number of rotatable bonds is 8. The van der Waals surface area contributed by atoms with Gasteiger partial charge in [-0.05, 0) is 49.9 Å². The molecule has 1 aromatic carbocycles. The highest BCUT2D eigenvalue weighted by Crippen LogP contribution is 2.24. The fourth-order valence-electron chi connectivity index (χ4n) is 3.17. The van der Waals surface area contributed by atoms with Gasteiger partial charge in [-0.25, -0.2) is 0 Å². The van der Waals surface area contributed by atoms with E-state index in [2.05, 4.69) is 22.9 Å². The van der Waals surface area contributed by atoms with Crippen LogP contribution in [0.15, 0.2) is 24.3 Å². The first-order chi connectivity index (χ1) is 12.0. The van der Waals surface area contributed by atoms with Crippen molar-refractivity contribution >= 4 is 17.5 Å². The summed E-state index contributed by atoms with van der Waals surface area (Å²) in [5.74, 6) is 1.69. The largest absolute Gasteiger partial charge is 0.492 e. The molecular formula is C19H29N3O3. The van der Waals surface area contributed by atoms with Gasteiger partial charge < -0.3 is 20.7 Å². The lowest BCUT2D eigenvalue weighted by Gasteiger charge is -2.27. The van der Waals surface area contributed by atoms with Crippen LogP contribution in [0.2, 0.25) is 0 Å². The van der Waals surface area contributed by atoms with Gasteiger partial charge in [0.05, 0.1) is 6.54 Å². The van der Waals surface area contributed by atoms with Crippen LogP contribution in [0.1, 0.15) is 33.1 Å². The summed E-state index contributed by atoms with van der Waals surface area (Å²) in [6, 6.07) is 7.22. The number of benzene rings is 1. The van der Waals surface area contributed by atoms with E-state index in [1.165, 1.54) is 6.92 Å². The summed E-state index contributed by atoms with van der Waals surface area (Å²) < 4.78 is 5.63. The zero-order chi connectivity index (χ0) is 18.1. The number of anilines is 1. The molecule has 1 unspecified atom stereocenters. The molecule has 6 nitrogen and oxygen atoms in total. The Morgan fingerprint density at radius 1 is 1.32 bits per heavy atom. The first-order valence-corrected chi connectivity index (χ1v) is 9.02.